The highest BCUT2D eigenvalue weighted by Crippen LogP contribution is 2.33. The van der Waals surface area contributed by atoms with E-state index < -0.39 is 0 Å². The summed E-state index contributed by atoms with van der Waals surface area (Å²) in [5.41, 5.74) is 0. The van der Waals surface area contributed by atoms with Gasteiger partial charge in [0.2, 0.25) is 0 Å². The summed E-state index contributed by atoms with van der Waals surface area (Å²) in [4.78, 5) is 14.0. The standard InChI is InChI=1S/C10H17NO/c1-2-5-11-6-8-3-4-9(7-11)10(8)12/h8-9H,2-7H2,1H3/t8-,9-/m0/s1. The van der Waals surface area contributed by atoms with Crippen LogP contribution in [-0.2, 0) is 4.79 Å². The third-order valence-electron chi connectivity index (χ3n) is 3.17. The summed E-state index contributed by atoms with van der Waals surface area (Å²) in [7, 11) is 0. The highest BCUT2D eigenvalue weighted by atomic mass is 16.1. The summed E-state index contributed by atoms with van der Waals surface area (Å²) in [6, 6.07) is 0. The van der Waals surface area contributed by atoms with Gasteiger partial charge in [-0.3, -0.25) is 4.79 Å². The van der Waals surface area contributed by atoms with Crippen molar-refractivity contribution in [2.75, 3.05) is 19.6 Å². The highest BCUT2D eigenvalue weighted by Gasteiger charge is 2.39. The summed E-state index contributed by atoms with van der Waals surface area (Å²) in [6.07, 6.45) is 3.53. The molecule has 2 heteroatoms. The van der Waals surface area contributed by atoms with Crippen LogP contribution >= 0.6 is 0 Å². The van der Waals surface area contributed by atoms with Gasteiger partial charge in [-0.25, -0.2) is 0 Å². The van der Waals surface area contributed by atoms with Gasteiger partial charge in [0.25, 0.3) is 0 Å². The normalized spacial score (nSPS) is 35.9. The number of Topliss-reactive ketones (excluding diaryl/α,β-unsaturated/α-hetero) is 1. The van der Waals surface area contributed by atoms with Crippen LogP contribution in [0.1, 0.15) is 26.2 Å². The number of hydrogen-bond donors (Lipinski definition) is 0. The third kappa shape index (κ3) is 1.28. The lowest BCUT2D eigenvalue weighted by molar-refractivity contribution is -0.127. The highest BCUT2D eigenvalue weighted by molar-refractivity contribution is 5.86. The van der Waals surface area contributed by atoms with E-state index in [1.807, 2.05) is 0 Å². The van der Waals surface area contributed by atoms with Gasteiger partial charge < -0.3 is 4.90 Å². The molecule has 1 heterocycles. The molecule has 2 bridgehead atoms. The first-order valence-corrected chi connectivity index (χ1v) is 5.07. The zero-order chi connectivity index (χ0) is 8.55. The second kappa shape index (κ2) is 3.17. The van der Waals surface area contributed by atoms with Crippen molar-refractivity contribution in [3.05, 3.63) is 0 Å². The van der Waals surface area contributed by atoms with E-state index in [0.29, 0.717) is 17.6 Å². The van der Waals surface area contributed by atoms with Gasteiger partial charge >= 0.3 is 0 Å². The monoisotopic (exact) mass is 167 g/mol. The zero-order valence-electron chi connectivity index (χ0n) is 7.75. The summed E-state index contributed by atoms with van der Waals surface area (Å²) < 4.78 is 0. The minimum atomic E-state index is 0.398. The molecule has 2 rings (SSSR count). The van der Waals surface area contributed by atoms with Crippen LogP contribution in [0, 0.1) is 11.8 Å². The smallest absolute Gasteiger partial charge is 0.141 e. The Morgan fingerprint density at radius 2 is 1.92 bits per heavy atom. The molecule has 2 nitrogen and oxygen atoms in total. The van der Waals surface area contributed by atoms with Gasteiger partial charge in [0, 0.05) is 24.9 Å². The van der Waals surface area contributed by atoms with Crippen molar-refractivity contribution < 1.29 is 4.79 Å². The van der Waals surface area contributed by atoms with Crippen LogP contribution in [0.3, 0.4) is 0 Å². The maximum absolute atomic E-state index is 11.5. The Morgan fingerprint density at radius 3 is 2.42 bits per heavy atom. The van der Waals surface area contributed by atoms with Crippen LogP contribution in [0.4, 0.5) is 0 Å². The molecular formula is C10H17NO. The van der Waals surface area contributed by atoms with Gasteiger partial charge in [0.1, 0.15) is 5.78 Å². The fourth-order valence-electron chi connectivity index (χ4n) is 2.58. The molecule has 0 N–H and O–H groups in total. The van der Waals surface area contributed by atoms with Crippen LogP contribution in [0.2, 0.25) is 0 Å². The summed E-state index contributed by atoms with van der Waals surface area (Å²) in [5, 5.41) is 0. The average molecular weight is 167 g/mol. The molecule has 0 aromatic heterocycles. The zero-order valence-corrected chi connectivity index (χ0v) is 7.75. The first kappa shape index (κ1) is 8.24. The number of rotatable bonds is 2. The number of hydrogen-bond acceptors (Lipinski definition) is 2. The molecule has 2 aliphatic rings. The van der Waals surface area contributed by atoms with Crippen LogP contribution in [-0.4, -0.2) is 30.3 Å². The maximum atomic E-state index is 11.5. The number of carbonyl (C=O) groups excluding carboxylic acids is 1. The Labute approximate surface area is 73.9 Å². The number of likely N-dealkylation sites (tertiary alicyclic amines) is 1. The molecule has 0 radical (unpaired) electrons. The summed E-state index contributed by atoms with van der Waals surface area (Å²) >= 11 is 0. The molecule has 0 spiro atoms. The van der Waals surface area contributed by atoms with E-state index in [4.69, 9.17) is 0 Å². The molecule has 1 aliphatic heterocycles. The molecule has 0 aromatic rings. The molecule has 1 saturated heterocycles. The maximum Gasteiger partial charge on any atom is 0.141 e. The van der Waals surface area contributed by atoms with Crippen LogP contribution in [0.15, 0.2) is 0 Å². The van der Waals surface area contributed by atoms with Crippen molar-refractivity contribution >= 4 is 5.78 Å². The first-order valence-electron chi connectivity index (χ1n) is 5.07. The molecule has 0 aromatic carbocycles. The molecule has 0 unspecified atom stereocenters. The number of nitrogens with zero attached hydrogens (tertiary/aromatic N) is 1. The predicted molar refractivity (Wildman–Crippen MR) is 48.0 cm³/mol. The second-order valence-corrected chi connectivity index (χ2v) is 4.13. The van der Waals surface area contributed by atoms with Gasteiger partial charge in [0.15, 0.2) is 0 Å². The fourth-order valence-corrected chi connectivity index (χ4v) is 2.58. The second-order valence-electron chi connectivity index (χ2n) is 4.13. The van der Waals surface area contributed by atoms with E-state index in [1.54, 1.807) is 0 Å². The van der Waals surface area contributed by atoms with E-state index in [9.17, 15) is 4.79 Å². The van der Waals surface area contributed by atoms with Crippen molar-refractivity contribution in [1.82, 2.24) is 4.90 Å². The topological polar surface area (TPSA) is 20.3 Å². The minimum Gasteiger partial charge on any atom is -0.302 e. The molecule has 12 heavy (non-hydrogen) atoms. The average Bonchev–Trinajstić information content (AvgIpc) is 2.33. The lowest BCUT2D eigenvalue weighted by Gasteiger charge is -2.30. The molecule has 1 aliphatic carbocycles. The SMILES string of the molecule is CCCN1C[C@@H]2CC[C@@H](C1)C2=O. The molecule has 0 amide bonds. The molecule has 2 atom stereocenters. The van der Waals surface area contributed by atoms with E-state index in [1.165, 1.54) is 13.0 Å². The van der Waals surface area contributed by atoms with Crippen molar-refractivity contribution in [1.29, 1.82) is 0 Å². The van der Waals surface area contributed by atoms with Gasteiger partial charge in [-0.2, -0.15) is 0 Å². The van der Waals surface area contributed by atoms with Crippen molar-refractivity contribution in [3.63, 3.8) is 0 Å². The molecule has 1 saturated carbocycles. The van der Waals surface area contributed by atoms with Crippen LogP contribution in [0.25, 0.3) is 0 Å². The van der Waals surface area contributed by atoms with Gasteiger partial charge in [0.05, 0.1) is 0 Å². The Hall–Kier alpha value is -0.370. The number of fused-ring (bicyclic) bond motifs is 2. The Kier molecular flexibility index (Phi) is 2.18. The summed E-state index contributed by atoms with van der Waals surface area (Å²) in [6.45, 7) is 5.48. The van der Waals surface area contributed by atoms with Crippen LogP contribution in [0.5, 0.6) is 0 Å². The van der Waals surface area contributed by atoms with E-state index in [0.717, 1.165) is 25.9 Å². The van der Waals surface area contributed by atoms with Crippen molar-refractivity contribution in [2.24, 2.45) is 11.8 Å². The predicted octanol–water partition coefficient (Wildman–Crippen LogP) is 1.31. The number of ketones is 1. The minimum absolute atomic E-state index is 0.398. The van der Waals surface area contributed by atoms with Gasteiger partial charge in [-0.05, 0) is 25.8 Å². The largest absolute Gasteiger partial charge is 0.302 e. The number of piperidine rings is 1. The van der Waals surface area contributed by atoms with Crippen molar-refractivity contribution in [3.8, 4) is 0 Å². The van der Waals surface area contributed by atoms with E-state index in [-0.39, 0.29) is 0 Å². The van der Waals surface area contributed by atoms with Gasteiger partial charge in [-0.15, -0.1) is 0 Å². The quantitative estimate of drug-likeness (QED) is 0.618. The lowest BCUT2D eigenvalue weighted by atomic mass is 9.97. The Bertz CT molecular complexity index is 174. The lowest BCUT2D eigenvalue weighted by Crippen LogP contribution is -2.42. The van der Waals surface area contributed by atoms with E-state index >= 15 is 0 Å². The van der Waals surface area contributed by atoms with E-state index in [2.05, 4.69) is 11.8 Å². The first-order chi connectivity index (χ1) is 5.81. The Morgan fingerprint density at radius 1 is 1.33 bits per heavy atom. The third-order valence-corrected chi connectivity index (χ3v) is 3.17. The molecular weight excluding hydrogens is 150 g/mol. The summed E-state index contributed by atoms with van der Waals surface area (Å²) in [5.74, 6) is 1.35. The fraction of sp³-hybridized carbons (Fsp3) is 0.900. The molecule has 68 valence electrons. The van der Waals surface area contributed by atoms with Crippen LogP contribution < -0.4 is 0 Å². The number of carbonyl (C=O) groups is 1. The molecule has 2 fully saturated rings. The Balaban J connectivity index is 1.98. The van der Waals surface area contributed by atoms with Crippen molar-refractivity contribution in [2.45, 2.75) is 26.2 Å². The van der Waals surface area contributed by atoms with Gasteiger partial charge in [-0.1, -0.05) is 6.92 Å².